The minimum absolute atomic E-state index is 0.169. The lowest BCUT2D eigenvalue weighted by molar-refractivity contribution is -0.0649. The maximum absolute atomic E-state index is 12.3. The summed E-state index contributed by atoms with van der Waals surface area (Å²) in [5.74, 6) is 11.8. The highest BCUT2D eigenvalue weighted by Crippen LogP contribution is 2.64. The van der Waals surface area contributed by atoms with Crippen LogP contribution in [-0.4, -0.2) is 50.2 Å². The van der Waals surface area contributed by atoms with Crippen LogP contribution in [0.4, 0.5) is 0 Å². The molecule has 2 aliphatic heterocycles. The predicted octanol–water partition coefficient (Wildman–Crippen LogP) is 5.25. The number of aliphatic hydroxyl groups is 1. The lowest BCUT2D eigenvalue weighted by Gasteiger charge is -2.52. The summed E-state index contributed by atoms with van der Waals surface area (Å²) in [5.41, 5.74) is 3.98. The standard InChI is InChI=1S/C33H39NO5/c1-32-13-9-24-23-8-6-22(36-3)17-20(23)5-7-25(24)26(32)10-14-33(32,35)15-11-27-29-21(12-16-34(27)2)18-28-30(31(29)37-4)39-19-38-28/h6,8,17-18,24-27,35H,5,7,9-10,12-14,16,19H2,1-4H3/t24-,25+,26+,27-,32+,33+/m1/s1. The van der Waals surface area contributed by atoms with Crippen molar-refractivity contribution in [3.8, 4) is 34.8 Å². The number of likely N-dealkylation sites (N-methyl/N-ethyl adjacent to an activating group) is 1. The van der Waals surface area contributed by atoms with Crippen molar-refractivity contribution in [2.24, 2.45) is 17.3 Å². The third kappa shape index (κ3) is 3.62. The molecule has 2 aromatic rings. The van der Waals surface area contributed by atoms with Crippen molar-refractivity contribution in [1.29, 1.82) is 0 Å². The van der Waals surface area contributed by atoms with E-state index in [0.29, 0.717) is 29.3 Å². The Kier molecular flexibility index (Phi) is 5.84. The molecule has 6 nitrogen and oxygen atoms in total. The van der Waals surface area contributed by atoms with E-state index in [0.717, 1.165) is 62.1 Å². The Balaban J connectivity index is 1.21. The minimum Gasteiger partial charge on any atom is -0.497 e. The van der Waals surface area contributed by atoms with Gasteiger partial charge < -0.3 is 24.1 Å². The molecule has 1 N–H and O–H groups in total. The van der Waals surface area contributed by atoms with E-state index in [-0.39, 0.29) is 18.2 Å². The predicted molar refractivity (Wildman–Crippen MR) is 149 cm³/mol. The van der Waals surface area contributed by atoms with Crippen LogP contribution >= 0.6 is 0 Å². The first kappa shape index (κ1) is 25.1. The molecule has 0 unspecified atom stereocenters. The summed E-state index contributed by atoms with van der Waals surface area (Å²) in [6.07, 6.45) is 7.03. The molecule has 7 rings (SSSR count). The van der Waals surface area contributed by atoms with Crippen molar-refractivity contribution in [3.63, 3.8) is 0 Å². The second kappa shape index (κ2) is 9.08. The van der Waals surface area contributed by atoms with E-state index in [9.17, 15) is 5.11 Å². The number of methoxy groups -OCH3 is 2. The SMILES string of the molecule is COc1ccc2c(c1)CC[C@H]1[C@@H]2CC[C@@]2(C)[C@H]1CC[C@]2(O)C#C[C@@H]1c2c(cc3c(c2OC)OCO3)CCN1C. The molecular formula is C33H39NO5. The third-order valence-corrected chi connectivity index (χ3v) is 10.9. The van der Waals surface area contributed by atoms with Gasteiger partial charge in [-0.25, -0.2) is 0 Å². The maximum Gasteiger partial charge on any atom is 0.231 e. The number of hydrogen-bond acceptors (Lipinski definition) is 6. The number of aryl methyl sites for hydroxylation is 1. The number of nitrogens with zero attached hydrogens (tertiary/aromatic N) is 1. The Morgan fingerprint density at radius 1 is 1.03 bits per heavy atom. The molecule has 0 bridgehead atoms. The fraction of sp³-hybridized carbons (Fsp3) is 0.576. The summed E-state index contributed by atoms with van der Waals surface area (Å²) in [5, 5.41) is 12.3. The van der Waals surface area contributed by atoms with Gasteiger partial charge in [0.1, 0.15) is 17.4 Å². The van der Waals surface area contributed by atoms with Crippen molar-refractivity contribution in [2.45, 2.75) is 69.4 Å². The molecular weight excluding hydrogens is 490 g/mol. The van der Waals surface area contributed by atoms with Crippen molar-refractivity contribution >= 4 is 0 Å². The molecule has 0 radical (unpaired) electrons. The number of hydrogen-bond donors (Lipinski definition) is 1. The largest absolute Gasteiger partial charge is 0.497 e. The highest BCUT2D eigenvalue weighted by Gasteiger charge is 2.61. The molecule has 5 aliphatic rings. The molecule has 0 aromatic heterocycles. The average Bonchev–Trinajstić information content (AvgIpc) is 3.52. The van der Waals surface area contributed by atoms with Gasteiger partial charge in [-0.2, -0.15) is 0 Å². The van der Waals surface area contributed by atoms with E-state index < -0.39 is 5.60 Å². The van der Waals surface area contributed by atoms with Crippen LogP contribution in [0.25, 0.3) is 0 Å². The van der Waals surface area contributed by atoms with Crippen LogP contribution in [-0.2, 0) is 12.8 Å². The Bertz CT molecular complexity index is 1380. The van der Waals surface area contributed by atoms with Crippen molar-refractivity contribution < 1.29 is 24.1 Å². The van der Waals surface area contributed by atoms with E-state index in [1.807, 2.05) is 0 Å². The summed E-state index contributed by atoms with van der Waals surface area (Å²) in [7, 11) is 5.53. The molecule has 6 atom stereocenters. The monoisotopic (exact) mass is 529 g/mol. The second-order valence-electron chi connectivity index (χ2n) is 12.5. The van der Waals surface area contributed by atoms with E-state index in [2.05, 4.69) is 55.0 Å². The highest BCUT2D eigenvalue weighted by molar-refractivity contribution is 5.63. The van der Waals surface area contributed by atoms with Crippen molar-refractivity contribution in [3.05, 3.63) is 46.5 Å². The Morgan fingerprint density at radius 3 is 2.72 bits per heavy atom. The van der Waals surface area contributed by atoms with Crippen molar-refractivity contribution in [1.82, 2.24) is 4.90 Å². The zero-order chi connectivity index (χ0) is 26.9. The van der Waals surface area contributed by atoms with Gasteiger partial charge in [0.2, 0.25) is 12.5 Å². The molecule has 2 fully saturated rings. The van der Waals surface area contributed by atoms with Gasteiger partial charge in [-0.1, -0.05) is 24.8 Å². The van der Waals surface area contributed by atoms with Crippen LogP contribution in [0.1, 0.15) is 73.2 Å². The highest BCUT2D eigenvalue weighted by atomic mass is 16.7. The van der Waals surface area contributed by atoms with Gasteiger partial charge in [0.05, 0.1) is 14.2 Å². The fourth-order valence-corrected chi connectivity index (χ4v) is 8.71. The molecule has 206 valence electrons. The van der Waals surface area contributed by atoms with Crippen LogP contribution in [0.5, 0.6) is 23.0 Å². The molecule has 2 heterocycles. The molecule has 0 spiro atoms. The number of fused-ring (bicyclic) bond motifs is 7. The van der Waals surface area contributed by atoms with E-state index in [1.165, 1.54) is 23.1 Å². The first-order chi connectivity index (χ1) is 18.9. The zero-order valence-electron chi connectivity index (χ0n) is 23.5. The summed E-state index contributed by atoms with van der Waals surface area (Å²) < 4.78 is 22.8. The maximum atomic E-state index is 12.3. The molecule has 3 aliphatic carbocycles. The Hall–Kier alpha value is -2.88. The van der Waals surface area contributed by atoms with Crippen LogP contribution in [0.3, 0.4) is 0 Å². The van der Waals surface area contributed by atoms with Gasteiger partial charge in [0.25, 0.3) is 0 Å². The summed E-state index contributed by atoms with van der Waals surface area (Å²) in [6.45, 7) is 3.41. The Morgan fingerprint density at radius 2 is 1.90 bits per heavy atom. The third-order valence-electron chi connectivity index (χ3n) is 10.9. The van der Waals surface area contributed by atoms with Gasteiger partial charge in [0.15, 0.2) is 11.5 Å². The molecule has 0 amide bonds. The molecule has 39 heavy (non-hydrogen) atoms. The van der Waals surface area contributed by atoms with Crippen molar-refractivity contribution in [2.75, 3.05) is 34.6 Å². The zero-order valence-corrected chi connectivity index (χ0v) is 23.5. The van der Waals surface area contributed by atoms with Gasteiger partial charge in [0, 0.05) is 17.5 Å². The first-order valence-corrected chi connectivity index (χ1v) is 14.5. The van der Waals surface area contributed by atoms with Gasteiger partial charge in [-0.3, -0.25) is 4.90 Å². The molecule has 2 saturated carbocycles. The molecule has 6 heteroatoms. The van der Waals surface area contributed by atoms with E-state index >= 15 is 0 Å². The van der Waals surface area contributed by atoms with Gasteiger partial charge >= 0.3 is 0 Å². The molecule has 2 aromatic carbocycles. The normalized spacial score (nSPS) is 34.2. The quantitative estimate of drug-likeness (QED) is 0.536. The number of ether oxygens (including phenoxy) is 4. The second-order valence-corrected chi connectivity index (χ2v) is 12.5. The Labute approximate surface area is 231 Å². The van der Waals surface area contributed by atoms with Crippen LogP contribution in [0, 0.1) is 29.1 Å². The van der Waals surface area contributed by atoms with E-state index in [4.69, 9.17) is 18.9 Å². The smallest absolute Gasteiger partial charge is 0.231 e. The summed E-state index contributed by atoms with van der Waals surface area (Å²) in [6, 6.07) is 8.56. The van der Waals surface area contributed by atoms with Gasteiger partial charge in [-0.15, -0.1) is 0 Å². The topological polar surface area (TPSA) is 60.4 Å². The lowest BCUT2D eigenvalue weighted by atomic mass is 9.53. The summed E-state index contributed by atoms with van der Waals surface area (Å²) in [4.78, 5) is 2.27. The van der Waals surface area contributed by atoms with Crippen LogP contribution in [0.15, 0.2) is 24.3 Å². The number of benzene rings is 2. The van der Waals surface area contributed by atoms with Crippen LogP contribution in [0.2, 0.25) is 0 Å². The number of rotatable bonds is 2. The lowest BCUT2D eigenvalue weighted by Crippen LogP contribution is -2.50. The first-order valence-electron chi connectivity index (χ1n) is 14.5. The minimum atomic E-state index is -0.995. The molecule has 0 saturated heterocycles. The average molecular weight is 530 g/mol. The van der Waals surface area contributed by atoms with Crippen LogP contribution < -0.4 is 18.9 Å². The van der Waals surface area contributed by atoms with Gasteiger partial charge in [-0.05, 0) is 105 Å². The van der Waals surface area contributed by atoms with E-state index in [1.54, 1.807) is 14.2 Å². The summed E-state index contributed by atoms with van der Waals surface area (Å²) >= 11 is 0. The fourth-order valence-electron chi connectivity index (χ4n) is 8.71.